The monoisotopic (exact) mass is 302 g/mol. The molecule has 20 heavy (non-hydrogen) atoms. The quantitative estimate of drug-likeness (QED) is 0.897. The first-order valence-electron chi connectivity index (χ1n) is 6.67. The number of benzene rings is 1. The maximum Gasteiger partial charge on any atom is 0.248 e. The van der Waals surface area contributed by atoms with Gasteiger partial charge in [0.2, 0.25) is 10.0 Å². The fourth-order valence-electron chi connectivity index (χ4n) is 3.09. The summed E-state index contributed by atoms with van der Waals surface area (Å²) in [6, 6.07) is 3.43. The molecule has 2 atom stereocenters. The van der Waals surface area contributed by atoms with Crippen molar-refractivity contribution in [3.05, 3.63) is 29.8 Å². The van der Waals surface area contributed by atoms with Crippen LogP contribution in [0.25, 0.3) is 0 Å². The van der Waals surface area contributed by atoms with E-state index in [0.717, 1.165) is 31.2 Å². The van der Waals surface area contributed by atoms with Crippen molar-refractivity contribution >= 4 is 10.0 Å². The van der Waals surface area contributed by atoms with Gasteiger partial charge in [-0.05, 0) is 37.4 Å². The Hall–Kier alpha value is -1.05. The first-order valence-corrected chi connectivity index (χ1v) is 8.11. The minimum absolute atomic E-state index is 0.230. The van der Waals surface area contributed by atoms with Gasteiger partial charge in [0.15, 0.2) is 4.90 Å². The lowest BCUT2D eigenvalue weighted by Crippen LogP contribution is -2.47. The summed E-state index contributed by atoms with van der Waals surface area (Å²) in [4.78, 5) is -0.829. The molecule has 2 fully saturated rings. The Balaban J connectivity index is 1.92. The van der Waals surface area contributed by atoms with E-state index in [9.17, 15) is 17.2 Å². The maximum absolute atomic E-state index is 13.7. The Morgan fingerprint density at radius 1 is 1.20 bits per heavy atom. The van der Waals surface area contributed by atoms with Gasteiger partial charge in [0.1, 0.15) is 11.6 Å². The van der Waals surface area contributed by atoms with Crippen LogP contribution in [-0.4, -0.2) is 38.4 Å². The van der Waals surface area contributed by atoms with Crippen LogP contribution < -0.4 is 5.32 Å². The van der Waals surface area contributed by atoms with Crippen molar-refractivity contribution in [1.82, 2.24) is 9.62 Å². The van der Waals surface area contributed by atoms with Gasteiger partial charge in [-0.3, -0.25) is 0 Å². The Morgan fingerprint density at radius 2 is 1.90 bits per heavy atom. The molecule has 1 aromatic rings. The second-order valence-corrected chi connectivity index (χ2v) is 7.19. The summed E-state index contributed by atoms with van der Waals surface area (Å²) >= 11 is 0. The molecule has 0 saturated carbocycles. The first kappa shape index (κ1) is 13.9. The fourth-order valence-corrected chi connectivity index (χ4v) is 4.71. The first-order chi connectivity index (χ1) is 9.50. The lowest BCUT2D eigenvalue weighted by molar-refractivity contribution is 0.246. The number of hydrogen-bond donors (Lipinski definition) is 1. The van der Waals surface area contributed by atoms with Crippen LogP contribution in [0.5, 0.6) is 0 Å². The van der Waals surface area contributed by atoms with E-state index in [1.54, 1.807) is 0 Å². The van der Waals surface area contributed by atoms with E-state index in [0.29, 0.717) is 25.6 Å². The Morgan fingerprint density at radius 3 is 2.60 bits per heavy atom. The molecule has 1 aromatic carbocycles. The second-order valence-electron chi connectivity index (χ2n) is 5.31. The molecule has 4 nitrogen and oxygen atoms in total. The summed E-state index contributed by atoms with van der Waals surface area (Å²) in [6.45, 7) is 1.50. The van der Waals surface area contributed by atoms with Gasteiger partial charge in [-0.2, -0.15) is 4.31 Å². The number of halogens is 2. The van der Waals surface area contributed by atoms with E-state index in [1.165, 1.54) is 4.31 Å². The van der Waals surface area contributed by atoms with E-state index in [2.05, 4.69) is 5.32 Å². The van der Waals surface area contributed by atoms with E-state index >= 15 is 0 Å². The molecule has 2 unspecified atom stereocenters. The molecule has 0 bridgehead atoms. The van der Waals surface area contributed by atoms with E-state index < -0.39 is 26.6 Å². The summed E-state index contributed by atoms with van der Waals surface area (Å²) in [7, 11) is -4.11. The number of sulfonamides is 1. The number of fused-ring (bicyclic) bond motifs is 1. The predicted molar refractivity (Wildman–Crippen MR) is 69.6 cm³/mol. The fraction of sp³-hybridized carbons (Fsp3) is 0.538. The van der Waals surface area contributed by atoms with Crippen LogP contribution >= 0.6 is 0 Å². The summed E-state index contributed by atoms with van der Waals surface area (Å²) < 4.78 is 53.5. The highest BCUT2D eigenvalue weighted by Gasteiger charge is 2.39. The van der Waals surface area contributed by atoms with Gasteiger partial charge in [-0.25, -0.2) is 17.2 Å². The summed E-state index contributed by atoms with van der Waals surface area (Å²) in [6.07, 6.45) is 1.58. The zero-order valence-electron chi connectivity index (χ0n) is 10.9. The van der Waals surface area contributed by atoms with Crippen molar-refractivity contribution in [3.8, 4) is 0 Å². The van der Waals surface area contributed by atoms with Crippen molar-refractivity contribution < 1.29 is 17.2 Å². The summed E-state index contributed by atoms with van der Waals surface area (Å²) in [5.74, 6) is -1.83. The Labute approximate surface area is 116 Å². The van der Waals surface area contributed by atoms with Crippen molar-refractivity contribution in [2.45, 2.75) is 23.8 Å². The van der Waals surface area contributed by atoms with Crippen molar-refractivity contribution in [2.75, 3.05) is 19.6 Å². The normalized spacial score (nSPS) is 27.5. The highest BCUT2D eigenvalue weighted by molar-refractivity contribution is 7.89. The molecule has 0 aliphatic carbocycles. The zero-order valence-corrected chi connectivity index (χ0v) is 11.7. The number of nitrogens with one attached hydrogen (secondary N) is 1. The smallest absolute Gasteiger partial charge is 0.248 e. The molecule has 0 radical (unpaired) electrons. The van der Waals surface area contributed by atoms with Crippen LogP contribution in [0.3, 0.4) is 0 Å². The number of piperidine rings is 1. The van der Waals surface area contributed by atoms with Gasteiger partial charge in [0.25, 0.3) is 0 Å². The van der Waals surface area contributed by atoms with Gasteiger partial charge >= 0.3 is 0 Å². The largest absolute Gasteiger partial charge is 0.314 e. The third-order valence-corrected chi connectivity index (χ3v) is 6.05. The molecule has 0 aromatic heterocycles. The SMILES string of the molecule is O=S(=O)(c1c(F)cccc1F)N1CCC2NCCC2C1. The molecule has 2 saturated heterocycles. The van der Waals surface area contributed by atoms with Crippen LogP contribution in [0.15, 0.2) is 23.1 Å². The molecule has 2 aliphatic rings. The summed E-state index contributed by atoms with van der Waals surface area (Å²) in [5, 5.41) is 3.32. The van der Waals surface area contributed by atoms with Crippen LogP contribution in [0.1, 0.15) is 12.8 Å². The van der Waals surface area contributed by atoms with Crippen LogP contribution in [0, 0.1) is 17.6 Å². The topological polar surface area (TPSA) is 49.4 Å². The number of rotatable bonds is 2. The maximum atomic E-state index is 13.7. The Kier molecular flexibility index (Phi) is 3.51. The van der Waals surface area contributed by atoms with Gasteiger partial charge in [0.05, 0.1) is 0 Å². The number of hydrogen-bond acceptors (Lipinski definition) is 3. The molecule has 2 heterocycles. The lowest BCUT2D eigenvalue weighted by Gasteiger charge is -2.34. The average Bonchev–Trinajstić information content (AvgIpc) is 2.85. The third kappa shape index (κ3) is 2.23. The van der Waals surface area contributed by atoms with Crippen molar-refractivity contribution in [2.24, 2.45) is 5.92 Å². The summed E-state index contributed by atoms with van der Waals surface area (Å²) in [5.41, 5.74) is 0. The third-order valence-electron chi connectivity index (χ3n) is 4.14. The molecule has 0 amide bonds. The standard InChI is InChI=1S/C13H16F2N2O2S/c14-10-2-1-3-11(15)13(10)20(18,19)17-7-5-12-9(8-17)4-6-16-12/h1-3,9,12,16H,4-8H2. The highest BCUT2D eigenvalue weighted by Crippen LogP contribution is 2.30. The van der Waals surface area contributed by atoms with Crippen molar-refractivity contribution in [1.29, 1.82) is 0 Å². The van der Waals surface area contributed by atoms with Gasteiger partial charge < -0.3 is 5.32 Å². The van der Waals surface area contributed by atoms with Crippen LogP contribution in [0.2, 0.25) is 0 Å². The molecular weight excluding hydrogens is 286 g/mol. The van der Waals surface area contributed by atoms with Gasteiger partial charge in [-0.1, -0.05) is 6.07 Å². The van der Waals surface area contributed by atoms with Gasteiger partial charge in [-0.15, -0.1) is 0 Å². The predicted octanol–water partition coefficient (Wildman–Crippen LogP) is 1.34. The van der Waals surface area contributed by atoms with Crippen LogP contribution in [-0.2, 0) is 10.0 Å². The van der Waals surface area contributed by atoms with E-state index in [4.69, 9.17) is 0 Å². The molecule has 3 rings (SSSR count). The molecule has 1 N–H and O–H groups in total. The molecule has 0 spiro atoms. The molecular formula is C13H16F2N2O2S. The number of nitrogens with zero attached hydrogens (tertiary/aromatic N) is 1. The average molecular weight is 302 g/mol. The minimum Gasteiger partial charge on any atom is -0.314 e. The van der Waals surface area contributed by atoms with Crippen molar-refractivity contribution in [3.63, 3.8) is 0 Å². The lowest BCUT2D eigenvalue weighted by atomic mass is 9.95. The zero-order chi connectivity index (χ0) is 14.3. The Bertz CT molecular complexity index is 601. The minimum atomic E-state index is -4.11. The molecule has 7 heteroatoms. The van der Waals surface area contributed by atoms with E-state index in [-0.39, 0.29) is 5.92 Å². The van der Waals surface area contributed by atoms with Gasteiger partial charge in [0, 0.05) is 19.1 Å². The second kappa shape index (κ2) is 5.05. The molecule has 110 valence electrons. The highest BCUT2D eigenvalue weighted by atomic mass is 32.2. The van der Waals surface area contributed by atoms with Crippen LogP contribution in [0.4, 0.5) is 8.78 Å². The molecule has 2 aliphatic heterocycles. The van der Waals surface area contributed by atoms with E-state index in [1.807, 2.05) is 0 Å².